The van der Waals surface area contributed by atoms with Crippen molar-refractivity contribution in [1.82, 2.24) is 10.2 Å². The zero-order valence-corrected chi connectivity index (χ0v) is 16.0. The minimum absolute atomic E-state index is 0.0649. The van der Waals surface area contributed by atoms with Crippen molar-refractivity contribution in [3.63, 3.8) is 0 Å². The fraction of sp³-hybridized carbons (Fsp3) is 0.450. The molecule has 1 aromatic heterocycles. The number of aryl methyl sites for hydroxylation is 1. The summed E-state index contributed by atoms with van der Waals surface area (Å²) in [6, 6.07) is 5.16. The van der Waals surface area contributed by atoms with Crippen molar-refractivity contribution >= 4 is 23.2 Å². The summed E-state index contributed by atoms with van der Waals surface area (Å²) in [6.45, 7) is 4.14. The number of rotatable bonds is 6. The molecule has 2 amide bonds. The Bertz CT molecular complexity index is 844. The van der Waals surface area contributed by atoms with Crippen LogP contribution in [0.3, 0.4) is 0 Å². The highest BCUT2D eigenvalue weighted by Gasteiger charge is 2.25. The molecule has 0 radical (unpaired) electrons. The minimum atomic E-state index is -0.244. The van der Waals surface area contributed by atoms with Crippen LogP contribution in [0.1, 0.15) is 54.9 Å². The Morgan fingerprint density at radius 2 is 2.15 bits per heavy atom. The van der Waals surface area contributed by atoms with E-state index in [0.717, 1.165) is 36.9 Å². The predicted molar refractivity (Wildman–Crippen MR) is 104 cm³/mol. The third-order valence-corrected chi connectivity index (χ3v) is 4.82. The number of hydrogen-bond donors (Lipinski definition) is 3. The van der Waals surface area contributed by atoms with Gasteiger partial charge in [0.15, 0.2) is 5.69 Å². The van der Waals surface area contributed by atoms with Gasteiger partial charge in [-0.2, -0.15) is 5.10 Å². The fourth-order valence-electron chi connectivity index (χ4n) is 3.36. The standard InChI is InChI=1S/C20H26N4O3/c1-4-5-18(25)22-16-9-7-13(11-17(16)27-3)21-20(26)19-14-10-12(2)6-8-15(14)23-24-19/h7,9,11-12H,4-6,8,10H2,1-3H3,(H,21,26)(H,22,25)(H,23,24)/t12-/m0/s1. The van der Waals surface area contributed by atoms with Crippen molar-refractivity contribution in [2.45, 2.75) is 46.0 Å². The zero-order chi connectivity index (χ0) is 19.4. The van der Waals surface area contributed by atoms with Gasteiger partial charge in [-0.1, -0.05) is 13.8 Å². The Labute approximate surface area is 158 Å². The largest absolute Gasteiger partial charge is 0.494 e. The average Bonchev–Trinajstić information content (AvgIpc) is 3.06. The summed E-state index contributed by atoms with van der Waals surface area (Å²) in [6.07, 6.45) is 4.12. The van der Waals surface area contributed by atoms with Gasteiger partial charge in [0, 0.05) is 29.4 Å². The molecule has 3 rings (SSSR count). The monoisotopic (exact) mass is 370 g/mol. The van der Waals surface area contributed by atoms with Crippen molar-refractivity contribution in [2.75, 3.05) is 17.7 Å². The molecule has 0 bridgehead atoms. The summed E-state index contributed by atoms with van der Waals surface area (Å²) in [5, 5.41) is 12.9. The molecular weight excluding hydrogens is 344 g/mol. The Hall–Kier alpha value is -2.83. The Kier molecular flexibility index (Phi) is 5.78. The van der Waals surface area contributed by atoms with E-state index in [0.29, 0.717) is 35.2 Å². The van der Waals surface area contributed by atoms with Gasteiger partial charge in [-0.3, -0.25) is 14.7 Å². The number of methoxy groups -OCH3 is 1. The predicted octanol–water partition coefficient (Wildman–Crippen LogP) is 3.53. The van der Waals surface area contributed by atoms with Crippen LogP contribution in [0.15, 0.2) is 18.2 Å². The molecule has 1 aliphatic carbocycles. The summed E-state index contributed by atoms with van der Waals surface area (Å²) in [5.74, 6) is 0.735. The van der Waals surface area contributed by atoms with Gasteiger partial charge in [-0.05, 0) is 43.7 Å². The smallest absolute Gasteiger partial charge is 0.276 e. The molecule has 1 heterocycles. The van der Waals surface area contributed by atoms with Crippen LogP contribution >= 0.6 is 0 Å². The van der Waals surface area contributed by atoms with E-state index in [9.17, 15) is 9.59 Å². The van der Waals surface area contributed by atoms with Gasteiger partial charge in [0.2, 0.25) is 5.91 Å². The maximum absolute atomic E-state index is 12.7. The van der Waals surface area contributed by atoms with Crippen LogP contribution in [0.5, 0.6) is 5.75 Å². The van der Waals surface area contributed by atoms with Crippen LogP contribution in [0.25, 0.3) is 0 Å². The van der Waals surface area contributed by atoms with E-state index in [2.05, 4.69) is 27.8 Å². The number of nitrogens with one attached hydrogen (secondary N) is 3. The van der Waals surface area contributed by atoms with Crippen LogP contribution in [-0.4, -0.2) is 29.1 Å². The first kappa shape index (κ1) is 18.9. The molecule has 7 heteroatoms. The second-order valence-electron chi connectivity index (χ2n) is 7.04. The number of fused-ring (bicyclic) bond motifs is 1. The number of amides is 2. The van der Waals surface area contributed by atoms with Crippen LogP contribution in [0.2, 0.25) is 0 Å². The molecule has 1 aliphatic rings. The highest BCUT2D eigenvalue weighted by Crippen LogP contribution is 2.30. The van der Waals surface area contributed by atoms with Crippen LogP contribution in [-0.2, 0) is 17.6 Å². The molecule has 3 N–H and O–H groups in total. The second kappa shape index (κ2) is 8.24. The third-order valence-electron chi connectivity index (χ3n) is 4.82. The molecule has 7 nitrogen and oxygen atoms in total. The lowest BCUT2D eigenvalue weighted by atomic mass is 9.87. The minimum Gasteiger partial charge on any atom is -0.494 e. The maximum atomic E-state index is 12.7. The molecule has 0 fully saturated rings. The number of carbonyl (C=O) groups excluding carboxylic acids is 2. The first-order valence-electron chi connectivity index (χ1n) is 9.37. The van der Waals surface area contributed by atoms with Gasteiger partial charge < -0.3 is 15.4 Å². The highest BCUT2D eigenvalue weighted by atomic mass is 16.5. The van der Waals surface area contributed by atoms with Crippen molar-refractivity contribution < 1.29 is 14.3 Å². The summed E-state index contributed by atoms with van der Waals surface area (Å²) < 4.78 is 5.35. The maximum Gasteiger partial charge on any atom is 0.276 e. The summed E-state index contributed by atoms with van der Waals surface area (Å²) in [4.78, 5) is 24.5. The topological polar surface area (TPSA) is 96.1 Å². The number of H-pyrrole nitrogens is 1. The van der Waals surface area contributed by atoms with Gasteiger partial charge >= 0.3 is 0 Å². The van der Waals surface area contributed by atoms with Crippen molar-refractivity contribution in [1.29, 1.82) is 0 Å². The SMILES string of the molecule is CCCC(=O)Nc1ccc(NC(=O)c2n[nH]c3c2C[C@@H](C)CC3)cc1OC. The number of aromatic nitrogens is 2. The quantitative estimate of drug-likeness (QED) is 0.725. The number of nitrogens with zero attached hydrogens (tertiary/aromatic N) is 1. The normalized spacial score (nSPS) is 15.7. The summed E-state index contributed by atoms with van der Waals surface area (Å²) in [7, 11) is 1.53. The number of benzene rings is 1. The molecule has 0 aliphatic heterocycles. The van der Waals surface area contributed by atoms with Gasteiger partial charge in [0.05, 0.1) is 12.8 Å². The van der Waals surface area contributed by atoms with E-state index >= 15 is 0 Å². The number of hydrogen-bond acceptors (Lipinski definition) is 4. The molecule has 1 aromatic carbocycles. The van der Waals surface area contributed by atoms with E-state index in [1.165, 1.54) is 7.11 Å². The second-order valence-corrected chi connectivity index (χ2v) is 7.04. The highest BCUT2D eigenvalue weighted by molar-refractivity contribution is 6.04. The van der Waals surface area contributed by atoms with Crippen LogP contribution < -0.4 is 15.4 Å². The first-order chi connectivity index (χ1) is 13.0. The molecule has 1 atom stereocenters. The van der Waals surface area contributed by atoms with Gasteiger partial charge in [-0.15, -0.1) is 0 Å². The number of ether oxygens (including phenoxy) is 1. The number of carbonyl (C=O) groups is 2. The molecule has 2 aromatic rings. The lowest BCUT2D eigenvalue weighted by molar-refractivity contribution is -0.116. The van der Waals surface area contributed by atoms with E-state index in [4.69, 9.17) is 4.74 Å². The molecule has 0 unspecified atom stereocenters. The Balaban J connectivity index is 1.75. The third kappa shape index (κ3) is 4.30. The fourth-order valence-corrected chi connectivity index (χ4v) is 3.36. The summed E-state index contributed by atoms with van der Waals surface area (Å²) >= 11 is 0. The number of anilines is 2. The van der Waals surface area contributed by atoms with Crippen LogP contribution in [0, 0.1) is 5.92 Å². The van der Waals surface area contributed by atoms with E-state index < -0.39 is 0 Å². The zero-order valence-electron chi connectivity index (χ0n) is 16.0. The molecule has 0 saturated heterocycles. The average molecular weight is 370 g/mol. The van der Waals surface area contributed by atoms with E-state index in [-0.39, 0.29) is 11.8 Å². The van der Waals surface area contributed by atoms with Crippen molar-refractivity contribution in [2.24, 2.45) is 5.92 Å². The molecule has 144 valence electrons. The Morgan fingerprint density at radius 1 is 1.33 bits per heavy atom. The van der Waals surface area contributed by atoms with Crippen molar-refractivity contribution in [3.8, 4) is 5.75 Å². The van der Waals surface area contributed by atoms with Gasteiger partial charge in [0.25, 0.3) is 5.91 Å². The van der Waals surface area contributed by atoms with Crippen molar-refractivity contribution in [3.05, 3.63) is 35.2 Å². The van der Waals surface area contributed by atoms with E-state index in [1.54, 1.807) is 18.2 Å². The lowest BCUT2D eigenvalue weighted by Gasteiger charge is -2.18. The summed E-state index contributed by atoms with van der Waals surface area (Å²) in [5.41, 5.74) is 3.70. The van der Waals surface area contributed by atoms with Gasteiger partial charge in [0.1, 0.15) is 5.75 Å². The lowest BCUT2D eigenvalue weighted by Crippen LogP contribution is -2.18. The Morgan fingerprint density at radius 3 is 2.89 bits per heavy atom. The first-order valence-corrected chi connectivity index (χ1v) is 9.37. The molecule has 27 heavy (non-hydrogen) atoms. The number of aromatic amines is 1. The molecule has 0 saturated carbocycles. The van der Waals surface area contributed by atoms with E-state index in [1.807, 2.05) is 6.92 Å². The van der Waals surface area contributed by atoms with Gasteiger partial charge in [-0.25, -0.2) is 0 Å². The molecular formula is C20H26N4O3. The molecule has 0 spiro atoms. The van der Waals surface area contributed by atoms with Crippen LogP contribution in [0.4, 0.5) is 11.4 Å².